The normalized spacial score (nSPS) is 13.7. The van der Waals surface area contributed by atoms with Gasteiger partial charge in [-0.3, -0.25) is 14.5 Å². The number of amides is 2. The maximum Gasteiger partial charge on any atom is 0.248 e. The third-order valence-electron chi connectivity index (χ3n) is 7.76. The van der Waals surface area contributed by atoms with Gasteiger partial charge in [0, 0.05) is 45.7 Å². The molecule has 42 heavy (non-hydrogen) atoms. The molecule has 0 radical (unpaired) electrons. The molecule has 0 atom stereocenters. The van der Waals surface area contributed by atoms with Crippen LogP contribution in [-0.4, -0.2) is 65.8 Å². The standard InChI is InChI=1S/C36H39N3O3/c40-34(37-23-25-38(26-24-37)36(32-17-9-3-10-18-32)33-19-11-4-12-20-33)21-22-39(27-30-13-5-1-6-14-30)35(41)29-42-28-31-15-7-2-8-16-31/h1-20,36H,21-29H2. The zero-order valence-electron chi connectivity index (χ0n) is 24.1. The Morgan fingerprint density at radius 3 is 1.71 bits per heavy atom. The molecule has 0 aliphatic carbocycles. The first kappa shape index (κ1) is 29.2. The Hall–Kier alpha value is -4.26. The van der Waals surface area contributed by atoms with Crippen LogP contribution in [0.25, 0.3) is 0 Å². The van der Waals surface area contributed by atoms with E-state index in [1.165, 1.54) is 11.1 Å². The average Bonchev–Trinajstić information content (AvgIpc) is 3.05. The summed E-state index contributed by atoms with van der Waals surface area (Å²) in [5, 5.41) is 0. The second-order valence-electron chi connectivity index (χ2n) is 10.7. The van der Waals surface area contributed by atoms with Gasteiger partial charge in [-0.25, -0.2) is 0 Å². The van der Waals surface area contributed by atoms with Gasteiger partial charge >= 0.3 is 0 Å². The van der Waals surface area contributed by atoms with Gasteiger partial charge in [-0.2, -0.15) is 0 Å². The molecule has 6 nitrogen and oxygen atoms in total. The van der Waals surface area contributed by atoms with Gasteiger partial charge in [-0.05, 0) is 22.3 Å². The minimum atomic E-state index is -0.110. The minimum absolute atomic E-state index is 0.0189. The molecule has 216 valence electrons. The van der Waals surface area contributed by atoms with Crippen molar-refractivity contribution >= 4 is 11.8 Å². The summed E-state index contributed by atoms with van der Waals surface area (Å²) in [5.74, 6) is -0.0253. The first-order valence-corrected chi connectivity index (χ1v) is 14.7. The van der Waals surface area contributed by atoms with E-state index in [-0.39, 0.29) is 30.9 Å². The molecule has 2 amide bonds. The van der Waals surface area contributed by atoms with E-state index in [0.717, 1.165) is 24.2 Å². The highest BCUT2D eigenvalue weighted by molar-refractivity contribution is 5.80. The predicted octanol–water partition coefficient (Wildman–Crippen LogP) is 5.56. The number of carbonyl (C=O) groups is 2. The summed E-state index contributed by atoms with van der Waals surface area (Å²) in [7, 11) is 0. The van der Waals surface area contributed by atoms with Gasteiger partial charge in [0.05, 0.1) is 12.6 Å². The van der Waals surface area contributed by atoms with Crippen LogP contribution in [0.3, 0.4) is 0 Å². The number of rotatable bonds is 12. The second-order valence-corrected chi connectivity index (χ2v) is 10.7. The van der Waals surface area contributed by atoms with Crippen LogP contribution in [0.15, 0.2) is 121 Å². The molecule has 1 aliphatic heterocycles. The molecule has 1 fully saturated rings. The van der Waals surface area contributed by atoms with E-state index in [2.05, 4.69) is 53.4 Å². The van der Waals surface area contributed by atoms with Crippen molar-refractivity contribution in [1.29, 1.82) is 0 Å². The van der Waals surface area contributed by atoms with E-state index in [0.29, 0.717) is 32.8 Å². The molecule has 4 aromatic carbocycles. The lowest BCUT2D eigenvalue weighted by atomic mass is 9.96. The van der Waals surface area contributed by atoms with Crippen molar-refractivity contribution < 1.29 is 14.3 Å². The fourth-order valence-electron chi connectivity index (χ4n) is 5.52. The van der Waals surface area contributed by atoms with Crippen molar-refractivity contribution in [3.63, 3.8) is 0 Å². The Morgan fingerprint density at radius 1 is 0.667 bits per heavy atom. The average molecular weight is 562 g/mol. The maximum absolute atomic E-state index is 13.3. The minimum Gasteiger partial charge on any atom is -0.367 e. The van der Waals surface area contributed by atoms with E-state index < -0.39 is 0 Å². The van der Waals surface area contributed by atoms with Crippen LogP contribution in [-0.2, 0) is 27.5 Å². The van der Waals surface area contributed by atoms with E-state index >= 15 is 0 Å². The van der Waals surface area contributed by atoms with E-state index in [9.17, 15) is 9.59 Å². The van der Waals surface area contributed by atoms with Crippen molar-refractivity contribution in [2.75, 3.05) is 39.3 Å². The molecule has 0 bridgehead atoms. The number of hydrogen-bond acceptors (Lipinski definition) is 4. The van der Waals surface area contributed by atoms with Crippen LogP contribution in [0.2, 0.25) is 0 Å². The highest BCUT2D eigenvalue weighted by atomic mass is 16.5. The SMILES string of the molecule is O=C(CCN(Cc1ccccc1)C(=O)COCc1ccccc1)N1CCN(C(c2ccccc2)c2ccccc2)CC1. The van der Waals surface area contributed by atoms with Gasteiger partial charge in [-0.15, -0.1) is 0 Å². The van der Waals surface area contributed by atoms with Crippen molar-refractivity contribution in [2.24, 2.45) is 0 Å². The first-order valence-electron chi connectivity index (χ1n) is 14.7. The van der Waals surface area contributed by atoms with E-state index in [4.69, 9.17) is 4.74 Å². The van der Waals surface area contributed by atoms with Gasteiger partial charge in [0.2, 0.25) is 11.8 Å². The molecular weight excluding hydrogens is 522 g/mol. The number of piperazine rings is 1. The van der Waals surface area contributed by atoms with E-state index in [1.54, 1.807) is 4.90 Å². The van der Waals surface area contributed by atoms with Crippen LogP contribution in [0.5, 0.6) is 0 Å². The smallest absolute Gasteiger partial charge is 0.248 e. The van der Waals surface area contributed by atoms with Crippen molar-refractivity contribution in [3.05, 3.63) is 144 Å². The molecule has 4 aromatic rings. The third kappa shape index (κ3) is 8.15. The molecule has 5 rings (SSSR count). The summed E-state index contributed by atoms with van der Waals surface area (Å²) in [6.45, 7) is 4.09. The second kappa shape index (κ2) is 15.1. The molecular formula is C36H39N3O3. The Labute approximate surface area is 249 Å². The summed E-state index contributed by atoms with van der Waals surface area (Å²) >= 11 is 0. The molecule has 0 unspecified atom stereocenters. The molecule has 1 aliphatic rings. The maximum atomic E-state index is 13.3. The zero-order valence-corrected chi connectivity index (χ0v) is 24.1. The summed E-state index contributed by atoms with van der Waals surface area (Å²) in [6.07, 6.45) is 0.290. The fourth-order valence-corrected chi connectivity index (χ4v) is 5.52. The number of hydrogen-bond donors (Lipinski definition) is 0. The van der Waals surface area contributed by atoms with Crippen LogP contribution >= 0.6 is 0 Å². The molecule has 6 heteroatoms. The highest BCUT2D eigenvalue weighted by Gasteiger charge is 2.28. The molecule has 0 aromatic heterocycles. The van der Waals surface area contributed by atoms with Crippen molar-refractivity contribution in [2.45, 2.75) is 25.6 Å². The summed E-state index contributed by atoms with van der Waals surface area (Å²) < 4.78 is 5.74. The van der Waals surface area contributed by atoms with Crippen LogP contribution in [0, 0.1) is 0 Å². The van der Waals surface area contributed by atoms with Crippen LogP contribution in [0.4, 0.5) is 0 Å². The Bertz CT molecular complexity index is 1340. The Balaban J connectivity index is 1.17. The summed E-state index contributed by atoms with van der Waals surface area (Å²) in [4.78, 5) is 32.7. The molecule has 1 saturated heterocycles. The summed E-state index contributed by atoms with van der Waals surface area (Å²) in [5.41, 5.74) is 4.57. The number of benzene rings is 4. The first-order chi connectivity index (χ1) is 20.7. The monoisotopic (exact) mass is 561 g/mol. The van der Waals surface area contributed by atoms with E-state index in [1.807, 2.05) is 77.7 Å². The highest BCUT2D eigenvalue weighted by Crippen LogP contribution is 2.29. The number of ether oxygens (including phenoxy) is 1. The molecule has 0 saturated carbocycles. The lowest BCUT2D eigenvalue weighted by Gasteiger charge is -2.40. The lowest BCUT2D eigenvalue weighted by Crippen LogP contribution is -2.50. The topological polar surface area (TPSA) is 53.1 Å². The summed E-state index contributed by atoms with van der Waals surface area (Å²) in [6, 6.07) is 41.0. The predicted molar refractivity (Wildman–Crippen MR) is 165 cm³/mol. The van der Waals surface area contributed by atoms with Gasteiger partial charge in [-0.1, -0.05) is 121 Å². The third-order valence-corrected chi connectivity index (χ3v) is 7.76. The van der Waals surface area contributed by atoms with Gasteiger partial charge in [0.15, 0.2) is 0 Å². The largest absolute Gasteiger partial charge is 0.367 e. The fraction of sp³-hybridized carbons (Fsp3) is 0.278. The Morgan fingerprint density at radius 2 is 1.17 bits per heavy atom. The van der Waals surface area contributed by atoms with Crippen molar-refractivity contribution in [1.82, 2.24) is 14.7 Å². The van der Waals surface area contributed by atoms with Crippen molar-refractivity contribution in [3.8, 4) is 0 Å². The number of nitrogens with zero attached hydrogens (tertiary/aromatic N) is 3. The number of carbonyl (C=O) groups excluding carboxylic acids is 2. The lowest BCUT2D eigenvalue weighted by molar-refractivity contribution is -0.139. The molecule has 1 heterocycles. The van der Waals surface area contributed by atoms with Gasteiger partial charge in [0.1, 0.15) is 6.61 Å². The zero-order chi connectivity index (χ0) is 29.0. The van der Waals surface area contributed by atoms with Gasteiger partial charge < -0.3 is 14.5 Å². The quantitative estimate of drug-likeness (QED) is 0.227. The van der Waals surface area contributed by atoms with Crippen LogP contribution < -0.4 is 0 Å². The van der Waals surface area contributed by atoms with Crippen LogP contribution in [0.1, 0.15) is 34.7 Å². The van der Waals surface area contributed by atoms with Gasteiger partial charge in [0.25, 0.3) is 0 Å². The molecule has 0 spiro atoms. The molecule has 0 N–H and O–H groups in total. The Kier molecular flexibility index (Phi) is 10.5.